The van der Waals surface area contributed by atoms with E-state index in [1.807, 2.05) is 32.0 Å². The number of benzene rings is 2. The minimum atomic E-state index is -1.32. The van der Waals surface area contributed by atoms with E-state index in [1.165, 1.54) is 38.1 Å². The lowest BCUT2D eigenvalue weighted by Crippen LogP contribution is -2.41. The van der Waals surface area contributed by atoms with Gasteiger partial charge in [0, 0.05) is 5.69 Å². The molecule has 138 valence electrons. The number of hydrogen-bond acceptors (Lipinski definition) is 4. The van der Waals surface area contributed by atoms with Crippen LogP contribution in [0.2, 0.25) is 0 Å². The Labute approximate surface area is 152 Å². The second-order valence-electron chi connectivity index (χ2n) is 6.46. The SMILES string of the molecule is Cc1cccc(C)c1NC(=O)COC(=O)C(C)(C)Oc1ccc(F)cc1. The van der Waals surface area contributed by atoms with E-state index in [4.69, 9.17) is 9.47 Å². The van der Waals surface area contributed by atoms with Gasteiger partial charge in [-0.15, -0.1) is 0 Å². The Morgan fingerprint density at radius 1 is 1.04 bits per heavy atom. The third-order valence-corrected chi connectivity index (χ3v) is 3.76. The van der Waals surface area contributed by atoms with Gasteiger partial charge in [0.25, 0.3) is 5.91 Å². The minimum Gasteiger partial charge on any atom is -0.476 e. The van der Waals surface area contributed by atoms with Gasteiger partial charge in [0.1, 0.15) is 11.6 Å². The minimum absolute atomic E-state index is 0.327. The smallest absolute Gasteiger partial charge is 0.350 e. The predicted molar refractivity (Wildman–Crippen MR) is 96.6 cm³/mol. The Hall–Kier alpha value is -2.89. The standard InChI is InChI=1S/C20H22FNO4/c1-13-6-5-7-14(2)18(13)22-17(23)12-25-19(24)20(3,4)26-16-10-8-15(21)9-11-16/h5-11H,12H2,1-4H3,(H,22,23). The monoisotopic (exact) mass is 359 g/mol. The molecule has 0 aromatic heterocycles. The normalized spacial score (nSPS) is 11.0. The Balaban J connectivity index is 1.92. The fourth-order valence-electron chi connectivity index (χ4n) is 2.33. The van der Waals surface area contributed by atoms with Crippen LogP contribution in [0.4, 0.5) is 10.1 Å². The number of rotatable bonds is 6. The van der Waals surface area contributed by atoms with E-state index in [0.29, 0.717) is 11.4 Å². The number of carbonyl (C=O) groups excluding carboxylic acids is 2. The van der Waals surface area contributed by atoms with Crippen LogP contribution in [0.3, 0.4) is 0 Å². The molecule has 2 rings (SSSR count). The lowest BCUT2D eigenvalue weighted by Gasteiger charge is -2.24. The third kappa shape index (κ3) is 5.05. The molecule has 5 nitrogen and oxygen atoms in total. The number of amides is 1. The molecule has 26 heavy (non-hydrogen) atoms. The summed E-state index contributed by atoms with van der Waals surface area (Å²) >= 11 is 0. The number of esters is 1. The van der Waals surface area contributed by atoms with Crippen molar-refractivity contribution in [2.45, 2.75) is 33.3 Å². The number of ether oxygens (including phenoxy) is 2. The maximum absolute atomic E-state index is 12.9. The van der Waals surface area contributed by atoms with Gasteiger partial charge in [0.15, 0.2) is 12.2 Å². The van der Waals surface area contributed by atoms with Crippen LogP contribution < -0.4 is 10.1 Å². The van der Waals surface area contributed by atoms with E-state index in [0.717, 1.165) is 11.1 Å². The summed E-state index contributed by atoms with van der Waals surface area (Å²) < 4.78 is 23.5. The van der Waals surface area contributed by atoms with Gasteiger partial charge in [0.2, 0.25) is 0 Å². The average Bonchev–Trinajstić information content (AvgIpc) is 2.58. The van der Waals surface area contributed by atoms with Gasteiger partial charge in [-0.3, -0.25) is 4.79 Å². The highest BCUT2D eigenvalue weighted by Crippen LogP contribution is 2.21. The van der Waals surface area contributed by atoms with Crippen LogP contribution in [-0.2, 0) is 14.3 Å². The second kappa shape index (κ2) is 7.99. The molecular weight excluding hydrogens is 337 g/mol. The molecule has 0 fully saturated rings. The molecule has 0 aliphatic rings. The lowest BCUT2D eigenvalue weighted by atomic mass is 10.1. The van der Waals surface area contributed by atoms with Crippen LogP contribution in [0.25, 0.3) is 0 Å². The molecule has 0 saturated carbocycles. The van der Waals surface area contributed by atoms with Crippen molar-refractivity contribution in [1.29, 1.82) is 0 Å². The van der Waals surface area contributed by atoms with Crippen LogP contribution in [0, 0.1) is 19.7 Å². The zero-order valence-electron chi connectivity index (χ0n) is 15.3. The van der Waals surface area contributed by atoms with Gasteiger partial charge in [0.05, 0.1) is 0 Å². The summed E-state index contributed by atoms with van der Waals surface area (Å²) in [6, 6.07) is 11.0. The Bertz CT molecular complexity index is 780. The number of aryl methyl sites for hydroxylation is 2. The highest BCUT2D eigenvalue weighted by Gasteiger charge is 2.32. The maximum atomic E-state index is 12.9. The number of nitrogens with one attached hydrogen (secondary N) is 1. The van der Waals surface area contributed by atoms with Crippen molar-refractivity contribution in [3.8, 4) is 5.75 Å². The molecule has 0 atom stereocenters. The summed E-state index contributed by atoms with van der Waals surface area (Å²) in [6.45, 7) is 6.37. The van der Waals surface area contributed by atoms with Crippen molar-refractivity contribution in [2.24, 2.45) is 0 Å². The fourth-order valence-corrected chi connectivity index (χ4v) is 2.33. The van der Waals surface area contributed by atoms with Gasteiger partial charge in [-0.2, -0.15) is 0 Å². The third-order valence-electron chi connectivity index (χ3n) is 3.76. The van der Waals surface area contributed by atoms with E-state index < -0.39 is 29.9 Å². The van der Waals surface area contributed by atoms with Gasteiger partial charge in [-0.05, 0) is 63.1 Å². The summed E-state index contributed by atoms with van der Waals surface area (Å²) in [5.74, 6) is -1.21. The van der Waals surface area contributed by atoms with Gasteiger partial charge >= 0.3 is 5.97 Å². The van der Waals surface area contributed by atoms with E-state index in [1.54, 1.807) is 0 Å². The second-order valence-corrected chi connectivity index (χ2v) is 6.46. The summed E-state index contributed by atoms with van der Waals surface area (Å²) in [5, 5.41) is 2.74. The quantitative estimate of drug-likeness (QED) is 0.797. The number of carbonyl (C=O) groups is 2. The van der Waals surface area contributed by atoms with Crippen molar-refractivity contribution in [1.82, 2.24) is 0 Å². The molecule has 2 aromatic rings. The van der Waals surface area contributed by atoms with Crippen molar-refractivity contribution in [2.75, 3.05) is 11.9 Å². The molecule has 2 aromatic carbocycles. The fraction of sp³-hybridized carbons (Fsp3) is 0.300. The predicted octanol–water partition coefficient (Wildman–Crippen LogP) is 3.78. The molecule has 0 unspecified atom stereocenters. The van der Waals surface area contributed by atoms with E-state index in [2.05, 4.69) is 5.32 Å². The molecule has 6 heteroatoms. The highest BCUT2D eigenvalue weighted by molar-refractivity contribution is 5.94. The molecule has 0 aliphatic heterocycles. The van der Waals surface area contributed by atoms with E-state index >= 15 is 0 Å². The van der Waals surface area contributed by atoms with Gasteiger partial charge < -0.3 is 14.8 Å². The maximum Gasteiger partial charge on any atom is 0.350 e. The molecule has 0 heterocycles. The average molecular weight is 359 g/mol. The Morgan fingerprint density at radius 3 is 2.19 bits per heavy atom. The van der Waals surface area contributed by atoms with Crippen LogP contribution >= 0.6 is 0 Å². The van der Waals surface area contributed by atoms with Crippen molar-refractivity contribution >= 4 is 17.6 Å². The first kappa shape index (κ1) is 19.4. The highest BCUT2D eigenvalue weighted by atomic mass is 19.1. The van der Waals surface area contributed by atoms with Gasteiger partial charge in [-0.1, -0.05) is 18.2 Å². The molecule has 0 saturated heterocycles. The number of anilines is 1. The van der Waals surface area contributed by atoms with Crippen molar-refractivity contribution in [3.05, 3.63) is 59.4 Å². The van der Waals surface area contributed by atoms with Gasteiger partial charge in [-0.25, -0.2) is 9.18 Å². The molecule has 1 N–H and O–H groups in total. The summed E-state index contributed by atoms with van der Waals surface area (Å²) in [7, 11) is 0. The molecule has 0 bridgehead atoms. The zero-order valence-corrected chi connectivity index (χ0v) is 15.3. The van der Waals surface area contributed by atoms with Crippen LogP contribution in [0.15, 0.2) is 42.5 Å². The first-order valence-electron chi connectivity index (χ1n) is 8.17. The van der Waals surface area contributed by atoms with Crippen LogP contribution in [0.1, 0.15) is 25.0 Å². The molecule has 1 amide bonds. The molecule has 0 aliphatic carbocycles. The Kier molecular flexibility index (Phi) is 5.97. The molecular formula is C20H22FNO4. The Morgan fingerprint density at radius 2 is 1.62 bits per heavy atom. The number of hydrogen-bond donors (Lipinski definition) is 1. The zero-order chi connectivity index (χ0) is 19.3. The van der Waals surface area contributed by atoms with Crippen molar-refractivity contribution < 1.29 is 23.5 Å². The van der Waals surface area contributed by atoms with Crippen LogP contribution in [0.5, 0.6) is 5.75 Å². The largest absolute Gasteiger partial charge is 0.476 e. The first-order valence-corrected chi connectivity index (χ1v) is 8.17. The van der Waals surface area contributed by atoms with E-state index in [9.17, 15) is 14.0 Å². The number of para-hydroxylation sites is 1. The van der Waals surface area contributed by atoms with Crippen LogP contribution in [-0.4, -0.2) is 24.1 Å². The summed E-state index contributed by atoms with van der Waals surface area (Å²) in [5.41, 5.74) is 1.22. The number of halogens is 1. The molecule has 0 spiro atoms. The first-order chi connectivity index (χ1) is 12.2. The lowest BCUT2D eigenvalue weighted by molar-refractivity contribution is -0.161. The van der Waals surface area contributed by atoms with E-state index in [-0.39, 0.29) is 0 Å². The van der Waals surface area contributed by atoms with Crippen molar-refractivity contribution in [3.63, 3.8) is 0 Å². The topological polar surface area (TPSA) is 64.6 Å². The summed E-state index contributed by atoms with van der Waals surface area (Å²) in [4.78, 5) is 24.3. The summed E-state index contributed by atoms with van der Waals surface area (Å²) in [6.07, 6.45) is 0. The molecule has 0 radical (unpaired) electrons.